The highest BCUT2D eigenvalue weighted by Gasteiger charge is 2.15. The molecule has 0 unspecified atom stereocenters. The molecule has 0 saturated heterocycles. The summed E-state index contributed by atoms with van der Waals surface area (Å²) in [6.45, 7) is 0.301. The van der Waals surface area contributed by atoms with E-state index >= 15 is 0 Å². The van der Waals surface area contributed by atoms with E-state index in [0.717, 1.165) is 0 Å². The molecule has 1 aromatic heterocycles. The van der Waals surface area contributed by atoms with Crippen molar-refractivity contribution in [3.05, 3.63) is 46.3 Å². The molecule has 0 aliphatic rings. The van der Waals surface area contributed by atoms with E-state index in [-0.39, 0.29) is 23.5 Å². The van der Waals surface area contributed by atoms with Gasteiger partial charge in [-0.15, -0.1) is 0 Å². The van der Waals surface area contributed by atoms with Crippen LogP contribution in [0.4, 0.5) is 17.1 Å². The quantitative estimate of drug-likeness (QED) is 0.628. The molecule has 1 aromatic carbocycles. The monoisotopic (exact) mass is 273 g/mol. The molecule has 1 heterocycles. The summed E-state index contributed by atoms with van der Waals surface area (Å²) in [5.74, 6) is 0. The van der Waals surface area contributed by atoms with Crippen molar-refractivity contribution in [3.63, 3.8) is 0 Å². The van der Waals surface area contributed by atoms with Crippen LogP contribution in [0.15, 0.2) is 30.6 Å². The number of nitrogens with one attached hydrogen (secondary N) is 1. The molecule has 0 atom stereocenters. The Hall–Kier alpha value is -2.92. The van der Waals surface area contributed by atoms with Crippen molar-refractivity contribution in [2.24, 2.45) is 0 Å². The number of benzene rings is 1. The van der Waals surface area contributed by atoms with Gasteiger partial charge in [0.1, 0.15) is 5.69 Å². The Labute approximate surface area is 114 Å². The fourth-order valence-electron chi connectivity index (χ4n) is 1.67. The van der Waals surface area contributed by atoms with Gasteiger partial charge in [-0.25, -0.2) is 0 Å². The van der Waals surface area contributed by atoms with E-state index in [1.165, 1.54) is 29.1 Å². The molecule has 0 aliphatic carbocycles. The Balaban J connectivity index is 2.28. The molecule has 20 heavy (non-hydrogen) atoms. The van der Waals surface area contributed by atoms with E-state index in [0.29, 0.717) is 12.2 Å². The maximum atomic E-state index is 11.0. The van der Waals surface area contributed by atoms with Crippen molar-refractivity contribution in [3.8, 4) is 6.07 Å². The number of aromatic nitrogens is 2. The summed E-state index contributed by atoms with van der Waals surface area (Å²) in [5, 5.41) is 35.4. The van der Waals surface area contributed by atoms with Crippen molar-refractivity contribution in [2.45, 2.75) is 6.54 Å². The maximum Gasteiger partial charge on any atom is 0.293 e. The topological polar surface area (TPSA) is 117 Å². The second-order valence-corrected chi connectivity index (χ2v) is 3.94. The molecule has 0 radical (unpaired) electrons. The first-order valence-electron chi connectivity index (χ1n) is 5.73. The SMILES string of the molecule is N#Cc1ccc(Nc2cnn(CCO)c2)c([N+](=O)[O-])c1. The Kier molecular flexibility index (Phi) is 3.93. The second-order valence-electron chi connectivity index (χ2n) is 3.94. The van der Waals surface area contributed by atoms with Crippen LogP contribution in [0, 0.1) is 21.4 Å². The summed E-state index contributed by atoms with van der Waals surface area (Å²) >= 11 is 0. The van der Waals surface area contributed by atoms with Crippen molar-refractivity contribution >= 4 is 17.1 Å². The summed E-state index contributed by atoms with van der Waals surface area (Å²) < 4.78 is 1.51. The zero-order chi connectivity index (χ0) is 14.5. The van der Waals surface area contributed by atoms with E-state index in [2.05, 4.69) is 10.4 Å². The lowest BCUT2D eigenvalue weighted by Crippen LogP contribution is -2.01. The van der Waals surface area contributed by atoms with Gasteiger partial charge in [0, 0.05) is 12.3 Å². The van der Waals surface area contributed by atoms with Gasteiger partial charge >= 0.3 is 0 Å². The summed E-state index contributed by atoms with van der Waals surface area (Å²) in [6.07, 6.45) is 3.12. The molecule has 0 spiro atoms. The predicted octanol–water partition coefficient (Wildman–Crippen LogP) is 1.40. The highest BCUT2D eigenvalue weighted by molar-refractivity contribution is 5.70. The highest BCUT2D eigenvalue weighted by Crippen LogP contribution is 2.28. The average molecular weight is 273 g/mol. The summed E-state index contributed by atoms with van der Waals surface area (Å²) in [7, 11) is 0. The molecule has 0 bridgehead atoms. The first kappa shape index (κ1) is 13.5. The number of aliphatic hydroxyl groups is 1. The van der Waals surface area contributed by atoms with Crippen LogP contribution in [0.25, 0.3) is 0 Å². The van der Waals surface area contributed by atoms with E-state index < -0.39 is 4.92 Å². The normalized spacial score (nSPS) is 10.0. The van der Waals surface area contributed by atoms with Gasteiger partial charge in [-0.05, 0) is 12.1 Å². The van der Waals surface area contributed by atoms with E-state index in [4.69, 9.17) is 10.4 Å². The smallest absolute Gasteiger partial charge is 0.293 e. The van der Waals surface area contributed by atoms with Gasteiger partial charge in [0.15, 0.2) is 0 Å². The lowest BCUT2D eigenvalue weighted by Gasteiger charge is -2.04. The van der Waals surface area contributed by atoms with Crippen molar-refractivity contribution in [2.75, 3.05) is 11.9 Å². The van der Waals surface area contributed by atoms with Crippen LogP contribution in [-0.4, -0.2) is 26.4 Å². The van der Waals surface area contributed by atoms with Crippen LogP contribution in [0.2, 0.25) is 0 Å². The van der Waals surface area contributed by atoms with Crippen LogP contribution in [-0.2, 0) is 6.54 Å². The van der Waals surface area contributed by atoms with Gasteiger partial charge in [0.05, 0.1) is 41.6 Å². The fraction of sp³-hybridized carbons (Fsp3) is 0.167. The number of aliphatic hydroxyl groups excluding tert-OH is 1. The third-order valence-corrected chi connectivity index (χ3v) is 2.56. The number of rotatable bonds is 5. The molecule has 0 aliphatic heterocycles. The minimum absolute atomic E-state index is 0.0435. The molecule has 0 saturated carbocycles. The average Bonchev–Trinajstić information content (AvgIpc) is 2.87. The lowest BCUT2D eigenvalue weighted by atomic mass is 10.2. The standard InChI is InChI=1S/C12H11N5O3/c13-6-9-1-2-11(12(5-9)17(19)20)15-10-7-14-16(8-10)3-4-18/h1-2,5,7-8,15,18H,3-4H2. The number of nitro benzene ring substituents is 1. The zero-order valence-electron chi connectivity index (χ0n) is 10.4. The Morgan fingerprint density at radius 3 is 3.00 bits per heavy atom. The largest absolute Gasteiger partial charge is 0.394 e. The molecule has 0 amide bonds. The number of nitrogens with zero attached hydrogens (tertiary/aromatic N) is 4. The van der Waals surface area contributed by atoms with E-state index in [1.807, 2.05) is 6.07 Å². The summed E-state index contributed by atoms with van der Waals surface area (Å²) in [6, 6.07) is 6.03. The van der Waals surface area contributed by atoms with Crippen LogP contribution >= 0.6 is 0 Å². The minimum Gasteiger partial charge on any atom is -0.394 e. The van der Waals surface area contributed by atoms with E-state index in [1.54, 1.807) is 6.20 Å². The van der Waals surface area contributed by atoms with Gasteiger partial charge in [-0.3, -0.25) is 14.8 Å². The Bertz CT molecular complexity index is 674. The molecule has 102 valence electrons. The highest BCUT2D eigenvalue weighted by atomic mass is 16.6. The summed E-state index contributed by atoms with van der Waals surface area (Å²) in [4.78, 5) is 10.4. The second kappa shape index (κ2) is 5.81. The van der Waals surface area contributed by atoms with Crippen molar-refractivity contribution in [1.29, 1.82) is 5.26 Å². The molecule has 2 aromatic rings. The Morgan fingerprint density at radius 1 is 1.55 bits per heavy atom. The number of nitro groups is 1. The van der Waals surface area contributed by atoms with Gasteiger partial charge in [0.2, 0.25) is 0 Å². The molecule has 8 nitrogen and oxygen atoms in total. The minimum atomic E-state index is -0.554. The molecular formula is C12H11N5O3. The van der Waals surface area contributed by atoms with Gasteiger partial charge < -0.3 is 10.4 Å². The van der Waals surface area contributed by atoms with E-state index in [9.17, 15) is 10.1 Å². The van der Waals surface area contributed by atoms with Gasteiger partial charge in [0.25, 0.3) is 5.69 Å². The van der Waals surface area contributed by atoms with Gasteiger partial charge in [-0.2, -0.15) is 10.4 Å². The number of anilines is 2. The summed E-state index contributed by atoms with van der Waals surface area (Å²) in [5.41, 5.74) is 0.876. The van der Waals surface area contributed by atoms with Crippen LogP contribution in [0.1, 0.15) is 5.56 Å². The molecule has 2 rings (SSSR count). The maximum absolute atomic E-state index is 11.0. The number of hydrogen-bond acceptors (Lipinski definition) is 6. The first-order chi connectivity index (χ1) is 9.63. The molecular weight excluding hydrogens is 262 g/mol. The third kappa shape index (κ3) is 2.90. The van der Waals surface area contributed by atoms with Crippen molar-refractivity contribution in [1.82, 2.24) is 9.78 Å². The first-order valence-corrected chi connectivity index (χ1v) is 5.73. The number of nitriles is 1. The molecule has 8 heteroatoms. The fourth-order valence-corrected chi connectivity index (χ4v) is 1.67. The lowest BCUT2D eigenvalue weighted by molar-refractivity contribution is -0.383. The Morgan fingerprint density at radius 2 is 2.35 bits per heavy atom. The third-order valence-electron chi connectivity index (χ3n) is 2.56. The number of hydrogen-bond donors (Lipinski definition) is 2. The van der Waals surface area contributed by atoms with Crippen LogP contribution < -0.4 is 5.32 Å². The van der Waals surface area contributed by atoms with Crippen LogP contribution in [0.3, 0.4) is 0 Å². The van der Waals surface area contributed by atoms with Crippen LogP contribution in [0.5, 0.6) is 0 Å². The van der Waals surface area contributed by atoms with Crippen molar-refractivity contribution < 1.29 is 10.0 Å². The zero-order valence-corrected chi connectivity index (χ0v) is 10.4. The predicted molar refractivity (Wildman–Crippen MR) is 70.4 cm³/mol. The van der Waals surface area contributed by atoms with Gasteiger partial charge in [-0.1, -0.05) is 0 Å². The molecule has 2 N–H and O–H groups in total. The molecule has 0 fully saturated rings.